The molecule has 0 aliphatic heterocycles. The van der Waals surface area contributed by atoms with Crippen LogP contribution in [0.5, 0.6) is 0 Å². The average molecular weight is 332 g/mol. The second-order valence-corrected chi connectivity index (χ2v) is 4.87. The Kier molecular flexibility index (Phi) is 4.75. The van der Waals surface area contributed by atoms with Crippen molar-refractivity contribution in [2.45, 2.75) is 6.43 Å². The van der Waals surface area contributed by atoms with Gasteiger partial charge in [0.25, 0.3) is 6.43 Å². The van der Waals surface area contributed by atoms with Gasteiger partial charge in [-0.1, -0.05) is 35.3 Å². The SMILES string of the molecule is COC(=O)c1nc(-c2ccc(C(F)F)cc2Cl)ccc1Cl. The van der Waals surface area contributed by atoms with Crippen LogP contribution in [0, 0.1) is 0 Å². The topological polar surface area (TPSA) is 39.2 Å². The number of rotatable bonds is 3. The lowest BCUT2D eigenvalue weighted by Gasteiger charge is -2.08. The molecule has 21 heavy (non-hydrogen) atoms. The highest BCUT2D eigenvalue weighted by atomic mass is 35.5. The van der Waals surface area contributed by atoms with Gasteiger partial charge in [-0.3, -0.25) is 0 Å². The van der Waals surface area contributed by atoms with Crippen molar-refractivity contribution < 1.29 is 18.3 Å². The van der Waals surface area contributed by atoms with E-state index in [1.807, 2.05) is 0 Å². The van der Waals surface area contributed by atoms with Gasteiger partial charge in [-0.05, 0) is 18.2 Å². The molecule has 3 nitrogen and oxygen atoms in total. The minimum atomic E-state index is -2.61. The summed E-state index contributed by atoms with van der Waals surface area (Å²) in [6.07, 6.45) is -2.61. The summed E-state index contributed by atoms with van der Waals surface area (Å²) < 4.78 is 29.8. The predicted molar refractivity (Wildman–Crippen MR) is 76.0 cm³/mol. The third kappa shape index (κ3) is 3.31. The zero-order valence-electron chi connectivity index (χ0n) is 10.7. The maximum absolute atomic E-state index is 12.6. The molecule has 0 aliphatic carbocycles. The Morgan fingerprint density at radius 2 is 1.90 bits per heavy atom. The van der Waals surface area contributed by atoms with Gasteiger partial charge in [0.05, 0.1) is 22.8 Å². The van der Waals surface area contributed by atoms with E-state index in [4.69, 9.17) is 23.2 Å². The van der Waals surface area contributed by atoms with Gasteiger partial charge in [-0.25, -0.2) is 18.6 Å². The molecule has 0 fully saturated rings. The Morgan fingerprint density at radius 3 is 2.48 bits per heavy atom. The molecule has 0 bridgehead atoms. The molecule has 0 unspecified atom stereocenters. The molecule has 0 saturated heterocycles. The fourth-order valence-corrected chi connectivity index (χ4v) is 2.17. The number of nitrogens with zero attached hydrogens (tertiary/aromatic N) is 1. The Labute approximate surface area is 129 Å². The molecule has 1 aromatic carbocycles. The molecule has 0 N–H and O–H groups in total. The number of benzene rings is 1. The number of ether oxygens (including phenoxy) is 1. The van der Waals surface area contributed by atoms with E-state index in [1.54, 1.807) is 0 Å². The molecule has 1 aromatic heterocycles. The van der Waals surface area contributed by atoms with E-state index in [1.165, 1.54) is 31.4 Å². The number of alkyl halides is 2. The third-order valence-corrected chi connectivity index (χ3v) is 3.36. The van der Waals surface area contributed by atoms with Gasteiger partial charge in [-0.15, -0.1) is 0 Å². The molecule has 0 saturated carbocycles. The number of esters is 1. The second kappa shape index (κ2) is 6.37. The highest BCUT2D eigenvalue weighted by Crippen LogP contribution is 2.32. The highest BCUT2D eigenvalue weighted by molar-refractivity contribution is 6.34. The summed E-state index contributed by atoms with van der Waals surface area (Å²) in [6.45, 7) is 0. The van der Waals surface area contributed by atoms with Crippen LogP contribution < -0.4 is 0 Å². The van der Waals surface area contributed by atoms with Crippen LogP contribution in [0.1, 0.15) is 22.5 Å². The predicted octanol–water partition coefficient (Wildman–Crippen LogP) is 4.78. The van der Waals surface area contributed by atoms with E-state index in [-0.39, 0.29) is 21.3 Å². The number of aromatic nitrogens is 1. The van der Waals surface area contributed by atoms with Crippen molar-refractivity contribution in [1.82, 2.24) is 4.98 Å². The first-order chi connectivity index (χ1) is 9.93. The van der Waals surface area contributed by atoms with Gasteiger partial charge in [0.1, 0.15) is 0 Å². The van der Waals surface area contributed by atoms with E-state index >= 15 is 0 Å². The quantitative estimate of drug-likeness (QED) is 0.760. The van der Waals surface area contributed by atoms with E-state index in [0.29, 0.717) is 11.3 Å². The normalized spacial score (nSPS) is 10.8. The number of carbonyl (C=O) groups is 1. The standard InChI is InChI=1S/C14H9Cl2F2NO2/c1-21-14(20)12-9(15)4-5-11(19-12)8-3-2-7(13(17)18)6-10(8)16/h2-6,13H,1H3. The summed E-state index contributed by atoms with van der Waals surface area (Å²) in [5, 5.41) is 0.240. The van der Waals surface area contributed by atoms with Gasteiger partial charge >= 0.3 is 5.97 Å². The molecule has 1 heterocycles. The number of hydrogen-bond donors (Lipinski definition) is 0. The number of halogens is 4. The van der Waals surface area contributed by atoms with Crippen LogP contribution in [-0.4, -0.2) is 18.1 Å². The fourth-order valence-electron chi connectivity index (χ4n) is 1.71. The molecule has 2 aromatic rings. The van der Waals surface area contributed by atoms with Crippen LogP contribution >= 0.6 is 23.2 Å². The van der Waals surface area contributed by atoms with Gasteiger partial charge in [0.15, 0.2) is 5.69 Å². The minimum absolute atomic E-state index is 0.0642. The lowest BCUT2D eigenvalue weighted by molar-refractivity contribution is 0.0594. The molecule has 0 radical (unpaired) electrons. The fraction of sp³-hybridized carbons (Fsp3) is 0.143. The van der Waals surface area contributed by atoms with Gasteiger partial charge in [0, 0.05) is 11.1 Å². The number of pyridine rings is 1. The molecular formula is C14H9Cl2F2NO2. The van der Waals surface area contributed by atoms with Crippen LogP contribution in [0.3, 0.4) is 0 Å². The first kappa shape index (κ1) is 15.7. The van der Waals surface area contributed by atoms with Crippen LogP contribution in [0.15, 0.2) is 30.3 Å². The zero-order chi connectivity index (χ0) is 15.6. The largest absolute Gasteiger partial charge is 0.464 e. The van der Waals surface area contributed by atoms with E-state index < -0.39 is 12.4 Å². The smallest absolute Gasteiger partial charge is 0.358 e. The maximum Gasteiger partial charge on any atom is 0.358 e. The molecular weight excluding hydrogens is 323 g/mol. The van der Waals surface area contributed by atoms with E-state index in [2.05, 4.69) is 9.72 Å². The Morgan fingerprint density at radius 1 is 1.19 bits per heavy atom. The van der Waals surface area contributed by atoms with Gasteiger partial charge < -0.3 is 4.74 Å². The summed E-state index contributed by atoms with van der Waals surface area (Å²) in [7, 11) is 1.21. The highest BCUT2D eigenvalue weighted by Gasteiger charge is 2.16. The Bertz CT molecular complexity index is 693. The summed E-state index contributed by atoms with van der Waals surface area (Å²) in [5.74, 6) is -0.692. The van der Waals surface area contributed by atoms with Crippen LogP contribution in [-0.2, 0) is 4.74 Å². The molecule has 0 amide bonds. The molecule has 2 rings (SSSR count). The summed E-state index contributed by atoms with van der Waals surface area (Å²) in [5.41, 5.74) is 0.505. The van der Waals surface area contributed by atoms with Crippen LogP contribution in [0.2, 0.25) is 10.0 Å². The average Bonchev–Trinajstić information content (AvgIpc) is 2.47. The summed E-state index contributed by atoms with van der Waals surface area (Å²) in [6, 6.07) is 6.84. The molecule has 0 spiro atoms. The zero-order valence-corrected chi connectivity index (χ0v) is 12.3. The van der Waals surface area contributed by atoms with Crippen molar-refractivity contribution in [2.24, 2.45) is 0 Å². The van der Waals surface area contributed by atoms with Crippen molar-refractivity contribution in [3.63, 3.8) is 0 Å². The number of carbonyl (C=O) groups excluding carboxylic acids is 1. The molecule has 0 atom stereocenters. The lowest BCUT2D eigenvalue weighted by Crippen LogP contribution is -2.06. The lowest BCUT2D eigenvalue weighted by atomic mass is 10.1. The van der Waals surface area contributed by atoms with Crippen LogP contribution in [0.4, 0.5) is 8.78 Å². The first-order valence-corrected chi connectivity index (χ1v) is 6.52. The van der Waals surface area contributed by atoms with E-state index in [9.17, 15) is 13.6 Å². The minimum Gasteiger partial charge on any atom is -0.464 e. The van der Waals surface area contributed by atoms with Gasteiger partial charge in [0.2, 0.25) is 0 Å². The van der Waals surface area contributed by atoms with Crippen molar-refractivity contribution in [1.29, 1.82) is 0 Å². The Balaban J connectivity index is 2.50. The van der Waals surface area contributed by atoms with Gasteiger partial charge in [-0.2, -0.15) is 0 Å². The number of hydrogen-bond acceptors (Lipinski definition) is 3. The van der Waals surface area contributed by atoms with Crippen LogP contribution in [0.25, 0.3) is 11.3 Å². The number of methoxy groups -OCH3 is 1. The monoisotopic (exact) mass is 331 g/mol. The van der Waals surface area contributed by atoms with Crippen molar-refractivity contribution in [3.05, 3.63) is 51.6 Å². The molecule has 0 aliphatic rings. The van der Waals surface area contributed by atoms with Crippen molar-refractivity contribution in [2.75, 3.05) is 7.11 Å². The summed E-state index contributed by atoms with van der Waals surface area (Å²) >= 11 is 11.9. The maximum atomic E-state index is 12.6. The summed E-state index contributed by atoms with van der Waals surface area (Å²) in [4.78, 5) is 15.6. The Hall–Kier alpha value is -1.72. The second-order valence-electron chi connectivity index (χ2n) is 4.06. The molecule has 110 valence electrons. The van der Waals surface area contributed by atoms with E-state index in [0.717, 1.165) is 6.07 Å². The first-order valence-electron chi connectivity index (χ1n) is 5.77. The third-order valence-electron chi connectivity index (χ3n) is 2.75. The van der Waals surface area contributed by atoms with Crippen molar-refractivity contribution in [3.8, 4) is 11.3 Å². The molecule has 7 heteroatoms. The van der Waals surface area contributed by atoms with Crippen molar-refractivity contribution >= 4 is 29.2 Å².